The molecule has 134 valence electrons. The molecule has 2 unspecified atom stereocenters. The highest BCUT2D eigenvalue weighted by molar-refractivity contribution is 8.00. The maximum atomic E-state index is 11.7. The van der Waals surface area contributed by atoms with E-state index in [1.54, 1.807) is 0 Å². The third-order valence-electron chi connectivity index (χ3n) is 5.49. The molecule has 1 aliphatic carbocycles. The first kappa shape index (κ1) is 18.0. The lowest BCUT2D eigenvalue weighted by molar-refractivity contribution is -0.000190. The minimum atomic E-state index is -2.87. The van der Waals surface area contributed by atoms with Crippen molar-refractivity contribution in [2.75, 3.05) is 31.7 Å². The third-order valence-corrected chi connectivity index (χ3v) is 8.54. The van der Waals surface area contributed by atoms with Gasteiger partial charge in [0.15, 0.2) is 0 Å². The number of hydrogen-bond donors (Lipinski definition) is 2. The molecule has 3 atom stereocenters. The maximum absolute atomic E-state index is 11.7. The quantitative estimate of drug-likeness (QED) is 0.770. The van der Waals surface area contributed by atoms with Gasteiger partial charge in [-0.25, -0.2) is 8.42 Å². The van der Waals surface area contributed by atoms with E-state index in [-0.39, 0.29) is 11.5 Å². The minimum Gasteiger partial charge on any atom is -0.361 e. The summed E-state index contributed by atoms with van der Waals surface area (Å²) in [5.74, 6) is 1.84. The summed E-state index contributed by atoms with van der Waals surface area (Å²) in [7, 11) is -2.87. The number of nitrogens with one attached hydrogen (secondary N) is 2. The number of ether oxygens (including phenoxy) is 1. The van der Waals surface area contributed by atoms with Gasteiger partial charge >= 0.3 is 0 Å². The van der Waals surface area contributed by atoms with Crippen LogP contribution in [0.4, 0.5) is 0 Å². The molecule has 0 aromatic rings. The summed E-state index contributed by atoms with van der Waals surface area (Å²) < 4.78 is 29.4. The Kier molecular flexibility index (Phi) is 6.29. The summed E-state index contributed by atoms with van der Waals surface area (Å²) in [6, 6.07) is 0.408. The summed E-state index contributed by atoms with van der Waals surface area (Å²) >= 11 is 2.03. The fraction of sp³-hybridized carbons (Fsp3) is 1.00. The summed E-state index contributed by atoms with van der Waals surface area (Å²) in [6.07, 6.45) is 7.71. The first-order chi connectivity index (χ1) is 11.0. The zero-order chi connectivity index (χ0) is 16.3. The molecule has 3 fully saturated rings. The Morgan fingerprint density at radius 1 is 1.13 bits per heavy atom. The fourth-order valence-corrected chi connectivity index (χ4v) is 6.36. The van der Waals surface area contributed by atoms with Crippen molar-refractivity contribution in [1.29, 1.82) is 0 Å². The average molecular weight is 363 g/mol. The summed E-state index contributed by atoms with van der Waals surface area (Å²) in [6.45, 7) is 2.68. The van der Waals surface area contributed by atoms with E-state index in [0.717, 1.165) is 45.4 Å². The zero-order valence-corrected chi connectivity index (χ0v) is 15.6. The lowest BCUT2D eigenvalue weighted by Gasteiger charge is -2.39. The summed E-state index contributed by atoms with van der Waals surface area (Å²) in [4.78, 5) is 0. The highest BCUT2D eigenvalue weighted by Gasteiger charge is 2.34. The highest BCUT2D eigenvalue weighted by atomic mass is 32.2. The molecule has 2 saturated heterocycles. The number of piperazine rings is 1. The van der Waals surface area contributed by atoms with Gasteiger partial charge in [0.25, 0.3) is 0 Å². The molecule has 0 bridgehead atoms. The molecule has 7 heteroatoms. The molecule has 1 saturated carbocycles. The van der Waals surface area contributed by atoms with Gasteiger partial charge < -0.3 is 10.1 Å². The standard InChI is InChI=1S/C16H30N2O3S2/c1-23(19,20)14-6-4-12(5-7-14)15-9-17-10-16(18-15)21-11-13-3-2-8-22-13/h12-18H,2-11H2,1H3/t12?,13-,14?,15?,16?/m0/s1. The second-order valence-corrected chi connectivity index (χ2v) is 11.0. The van der Waals surface area contributed by atoms with E-state index in [0.29, 0.717) is 17.2 Å². The van der Waals surface area contributed by atoms with Crippen LogP contribution in [0, 0.1) is 5.92 Å². The predicted molar refractivity (Wildman–Crippen MR) is 95.6 cm³/mol. The van der Waals surface area contributed by atoms with Crippen LogP contribution in [0.5, 0.6) is 0 Å². The van der Waals surface area contributed by atoms with Crippen molar-refractivity contribution in [1.82, 2.24) is 10.6 Å². The van der Waals surface area contributed by atoms with E-state index in [9.17, 15) is 8.42 Å². The van der Waals surface area contributed by atoms with Gasteiger partial charge in [0.1, 0.15) is 16.1 Å². The van der Waals surface area contributed by atoms with Crippen LogP contribution >= 0.6 is 11.8 Å². The van der Waals surface area contributed by atoms with Gasteiger partial charge in [0.05, 0.1) is 11.9 Å². The minimum absolute atomic E-state index is 0.0996. The molecule has 0 radical (unpaired) electrons. The Labute approximate surface area is 144 Å². The lowest BCUT2D eigenvalue weighted by atomic mass is 9.83. The fourth-order valence-electron chi connectivity index (χ4n) is 4.05. The second kappa shape index (κ2) is 8.04. The molecular weight excluding hydrogens is 332 g/mol. The van der Waals surface area contributed by atoms with Crippen LogP contribution < -0.4 is 10.6 Å². The van der Waals surface area contributed by atoms with Crippen LogP contribution in [0.2, 0.25) is 0 Å². The largest absolute Gasteiger partial charge is 0.361 e. The third kappa shape index (κ3) is 5.08. The van der Waals surface area contributed by atoms with Crippen LogP contribution in [0.15, 0.2) is 0 Å². The summed E-state index contributed by atoms with van der Waals surface area (Å²) in [5.41, 5.74) is 0. The van der Waals surface area contributed by atoms with Crippen molar-refractivity contribution >= 4 is 21.6 Å². The molecule has 0 amide bonds. The van der Waals surface area contributed by atoms with Crippen molar-refractivity contribution in [2.45, 2.75) is 61.3 Å². The van der Waals surface area contributed by atoms with E-state index >= 15 is 0 Å². The predicted octanol–water partition coefficient (Wildman–Crippen LogP) is 1.39. The van der Waals surface area contributed by atoms with Crippen LogP contribution in [0.1, 0.15) is 38.5 Å². The first-order valence-corrected chi connectivity index (χ1v) is 11.9. The molecule has 3 rings (SSSR count). The van der Waals surface area contributed by atoms with Crippen molar-refractivity contribution in [2.24, 2.45) is 5.92 Å². The Bertz CT molecular complexity index is 472. The highest BCUT2D eigenvalue weighted by Crippen LogP contribution is 2.31. The smallest absolute Gasteiger partial charge is 0.150 e. The van der Waals surface area contributed by atoms with E-state index in [2.05, 4.69) is 10.6 Å². The molecule has 23 heavy (non-hydrogen) atoms. The van der Waals surface area contributed by atoms with Crippen LogP contribution in [-0.4, -0.2) is 62.9 Å². The lowest BCUT2D eigenvalue weighted by Crippen LogP contribution is -2.59. The first-order valence-electron chi connectivity index (χ1n) is 8.91. The van der Waals surface area contributed by atoms with Crippen molar-refractivity contribution in [3.8, 4) is 0 Å². The van der Waals surface area contributed by atoms with E-state index in [4.69, 9.17) is 4.74 Å². The van der Waals surface area contributed by atoms with Gasteiger partial charge in [-0.3, -0.25) is 5.32 Å². The maximum Gasteiger partial charge on any atom is 0.150 e. The Morgan fingerprint density at radius 2 is 1.91 bits per heavy atom. The molecule has 3 aliphatic rings. The molecular formula is C16H30N2O3S2. The van der Waals surface area contributed by atoms with Gasteiger partial charge in [0, 0.05) is 30.6 Å². The van der Waals surface area contributed by atoms with Gasteiger partial charge in [-0.05, 0) is 50.2 Å². The summed E-state index contributed by atoms with van der Waals surface area (Å²) in [5, 5.41) is 7.69. The normalized spacial score (nSPS) is 39.4. The Balaban J connectivity index is 1.43. The van der Waals surface area contributed by atoms with Crippen LogP contribution in [-0.2, 0) is 14.6 Å². The topological polar surface area (TPSA) is 67.4 Å². The monoisotopic (exact) mass is 362 g/mol. The van der Waals surface area contributed by atoms with Gasteiger partial charge in [0.2, 0.25) is 0 Å². The van der Waals surface area contributed by atoms with Gasteiger partial charge in [-0.1, -0.05) is 0 Å². The number of thioether (sulfide) groups is 1. The molecule has 0 aromatic heterocycles. The Morgan fingerprint density at radius 3 is 2.57 bits per heavy atom. The Hall–Kier alpha value is 0.180. The molecule has 2 N–H and O–H groups in total. The van der Waals surface area contributed by atoms with Crippen molar-refractivity contribution in [3.63, 3.8) is 0 Å². The van der Waals surface area contributed by atoms with Crippen molar-refractivity contribution in [3.05, 3.63) is 0 Å². The SMILES string of the molecule is CS(=O)(=O)C1CCC(C2CNCC(OC[C@@H]3CCCS3)N2)CC1. The van der Waals surface area contributed by atoms with Crippen LogP contribution in [0.25, 0.3) is 0 Å². The number of hydrogen-bond acceptors (Lipinski definition) is 6. The van der Waals surface area contributed by atoms with E-state index in [1.165, 1.54) is 24.9 Å². The molecule has 2 aliphatic heterocycles. The molecule has 2 heterocycles. The van der Waals surface area contributed by atoms with E-state index < -0.39 is 9.84 Å². The van der Waals surface area contributed by atoms with E-state index in [1.807, 2.05) is 11.8 Å². The molecule has 0 spiro atoms. The number of sulfone groups is 1. The second-order valence-electron chi connectivity index (χ2n) is 7.25. The average Bonchev–Trinajstić information content (AvgIpc) is 3.06. The van der Waals surface area contributed by atoms with Crippen LogP contribution in [0.3, 0.4) is 0 Å². The van der Waals surface area contributed by atoms with Crippen molar-refractivity contribution < 1.29 is 13.2 Å². The number of rotatable bonds is 5. The molecule has 5 nitrogen and oxygen atoms in total. The van der Waals surface area contributed by atoms with Gasteiger partial charge in [-0.2, -0.15) is 11.8 Å². The molecule has 0 aromatic carbocycles. The zero-order valence-electron chi connectivity index (χ0n) is 14.0. The van der Waals surface area contributed by atoms with Gasteiger partial charge in [-0.15, -0.1) is 0 Å².